The van der Waals surface area contributed by atoms with Crippen LogP contribution in [0.25, 0.3) is 0 Å². The van der Waals surface area contributed by atoms with Crippen LogP contribution in [0.5, 0.6) is 5.75 Å². The zero-order valence-corrected chi connectivity index (χ0v) is 19.6. The minimum Gasteiger partial charge on any atom is -0.407 e. The fourth-order valence-corrected chi connectivity index (χ4v) is 4.09. The Balaban J connectivity index is 1.80. The summed E-state index contributed by atoms with van der Waals surface area (Å²) < 4.78 is 106. The predicted molar refractivity (Wildman–Crippen MR) is 117 cm³/mol. The Bertz CT molecular complexity index is 1220. The molecular weight excluding hydrogens is 531 g/mol. The molecule has 8 nitrogen and oxygen atoms in total. The van der Waals surface area contributed by atoms with Crippen molar-refractivity contribution >= 4 is 23.5 Å². The number of nitrogens with zero attached hydrogens (tertiary/aromatic N) is 3. The summed E-state index contributed by atoms with van der Waals surface area (Å²) in [6, 6.07) is 3.29. The zero-order valence-electron chi connectivity index (χ0n) is 19.6. The summed E-state index contributed by atoms with van der Waals surface area (Å²) in [5, 5.41) is 9.74. The third-order valence-corrected chi connectivity index (χ3v) is 6.29. The average molecular weight is 551 g/mol. The lowest BCUT2D eigenvalue weighted by Gasteiger charge is -2.46. The maximum atomic E-state index is 14.0. The van der Waals surface area contributed by atoms with E-state index in [4.69, 9.17) is 9.47 Å². The van der Waals surface area contributed by atoms with Crippen LogP contribution in [0.3, 0.4) is 0 Å². The van der Waals surface area contributed by atoms with Crippen LogP contribution in [-0.4, -0.2) is 67.6 Å². The lowest BCUT2D eigenvalue weighted by atomic mass is 9.97. The average Bonchev–Trinajstić information content (AvgIpc) is 3.18. The molecule has 2 heterocycles. The number of urea groups is 1. The SMILES string of the molecule is CN(C(=O)Oc1c(N2CCN(C3(CO)COC3)C2=O)cc(C(F)(F)F)cc1C(F)(F)F)c1ccc(F)cc1. The van der Waals surface area contributed by atoms with Gasteiger partial charge in [-0.3, -0.25) is 9.80 Å². The molecule has 0 aromatic heterocycles. The number of carbonyl (C=O) groups is 2. The zero-order chi connectivity index (χ0) is 28.0. The Morgan fingerprint density at radius 2 is 1.71 bits per heavy atom. The van der Waals surface area contributed by atoms with Crippen molar-refractivity contribution in [2.75, 3.05) is 49.8 Å². The number of aliphatic hydroxyl groups excluding tert-OH is 1. The molecule has 2 fully saturated rings. The molecule has 38 heavy (non-hydrogen) atoms. The van der Waals surface area contributed by atoms with Crippen LogP contribution in [0.15, 0.2) is 36.4 Å². The van der Waals surface area contributed by atoms with Gasteiger partial charge in [0.15, 0.2) is 5.75 Å². The highest BCUT2D eigenvalue weighted by Gasteiger charge is 2.51. The first kappa shape index (κ1) is 27.4. The van der Waals surface area contributed by atoms with E-state index in [9.17, 15) is 45.4 Å². The minimum absolute atomic E-state index is 0.0108. The van der Waals surface area contributed by atoms with E-state index in [-0.39, 0.29) is 38.1 Å². The van der Waals surface area contributed by atoms with Crippen molar-refractivity contribution in [3.8, 4) is 5.75 Å². The fraction of sp³-hybridized carbons (Fsp3) is 0.391. The molecule has 0 spiro atoms. The molecule has 0 unspecified atom stereocenters. The Hall–Kier alpha value is -3.59. The van der Waals surface area contributed by atoms with E-state index < -0.39 is 65.0 Å². The van der Waals surface area contributed by atoms with Crippen LogP contribution in [0.2, 0.25) is 0 Å². The highest BCUT2D eigenvalue weighted by molar-refractivity contribution is 5.98. The minimum atomic E-state index is -5.42. The summed E-state index contributed by atoms with van der Waals surface area (Å²) in [7, 11) is 1.09. The van der Waals surface area contributed by atoms with Gasteiger partial charge in [0.25, 0.3) is 0 Å². The van der Waals surface area contributed by atoms with Crippen molar-refractivity contribution < 1.29 is 54.9 Å². The van der Waals surface area contributed by atoms with Gasteiger partial charge in [-0.2, -0.15) is 26.3 Å². The number of benzene rings is 2. The number of carbonyl (C=O) groups excluding carboxylic acids is 2. The summed E-state index contributed by atoms with van der Waals surface area (Å²) >= 11 is 0. The van der Waals surface area contributed by atoms with Gasteiger partial charge < -0.3 is 19.5 Å². The first-order valence-electron chi connectivity index (χ1n) is 11.0. The number of amides is 3. The van der Waals surface area contributed by atoms with Crippen molar-refractivity contribution in [2.45, 2.75) is 17.9 Å². The third-order valence-electron chi connectivity index (χ3n) is 6.29. The maximum Gasteiger partial charge on any atom is 0.420 e. The molecule has 1 N–H and O–H groups in total. The predicted octanol–water partition coefficient (Wildman–Crippen LogP) is 4.50. The van der Waals surface area contributed by atoms with E-state index in [1.54, 1.807) is 0 Å². The normalized spacial score (nSPS) is 17.4. The number of hydrogen-bond donors (Lipinski definition) is 1. The van der Waals surface area contributed by atoms with Crippen molar-refractivity contribution in [2.24, 2.45) is 0 Å². The number of alkyl halides is 6. The molecule has 0 atom stereocenters. The van der Waals surface area contributed by atoms with Gasteiger partial charge in [0.05, 0.1) is 31.1 Å². The second-order valence-electron chi connectivity index (χ2n) is 8.73. The third kappa shape index (κ3) is 4.95. The van der Waals surface area contributed by atoms with Crippen molar-refractivity contribution in [1.29, 1.82) is 0 Å². The highest BCUT2D eigenvalue weighted by Crippen LogP contribution is 2.47. The standard InChI is InChI=1S/C23H20F7N3O5/c1-31(15-4-2-14(24)3-5-15)20(36)38-18-16(23(28,29)30)8-13(22(25,26)27)9-17(18)32-6-7-33(19(32)35)21(10-34)11-37-12-21/h2-5,8-9,34H,6-7,10-12H2,1H3. The smallest absolute Gasteiger partial charge is 0.407 e. The second kappa shape index (κ2) is 9.62. The molecule has 2 aliphatic heterocycles. The van der Waals surface area contributed by atoms with Crippen molar-refractivity contribution in [3.05, 3.63) is 53.3 Å². The topological polar surface area (TPSA) is 82.6 Å². The van der Waals surface area contributed by atoms with E-state index in [0.29, 0.717) is 15.9 Å². The summed E-state index contributed by atoms with van der Waals surface area (Å²) in [5.74, 6) is -1.97. The van der Waals surface area contributed by atoms with Crippen LogP contribution in [0, 0.1) is 5.82 Å². The van der Waals surface area contributed by atoms with Gasteiger partial charge in [-0.25, -0.2) is 14.0 Å². The Morgan fingerprint density at radius 1 is 1.08 bits per heavy atom. The molecule has 0 saturated carbocycles. The lowest BCUT2D eigenvalue weighted by molar-refractivity contribution is -0.143. The number of halogens is 7. The molecule has 0 aliphatic carbocycles. The summed E-state index contributed by atoms with van der Waals surface area (Å²) in [6.45, 7) is -1.22. The van der Waals surface area contributed by atoms with Crippen LogP contribution < -0.4 is 14.5 Å². The molecule has 2 aromatic carbocycles. The molecule has 2 aliphatic rings. The maximum absolute atomic E-state index is 14.0. The summed E-state index contributed by atoms with van der Waals surface area (Å²) in [4.78, 5) is 28.4. The Kier molecular flexibility index (Phi) is 6.95. The molecule has 206 valence electrons. The molecule has 15 heteroatoms. The number of ether oxygens (including phenoxy) is 2. The molecule has 2 saturated heterocycles. The van der Waals surface area contributed by atoms with E-state index >= 15 is 0 Å². The monoisotopic (exact) mass is 551 g/mol. The van der Waals surface area contributed by atoms with E-state index in [0.717, 1.165) is 36.2 Å². The van der Waals surface area contributed by atoms with Crippen LogP contribution >= 0.6 is 0 Å². The lowest BCUT2D eigenvalue weighted by Crippen LogP contribution is -2.65. The molecular formula is C23H20F7N3O5. The van der Waals surface area contributed by atoms with Crippen LogP contribution in [-0.2, 0) is 17.1 Å². The number of aliphatic hydroxyl groups is 1. The van der Waals surface area contributed by atoms with E-state index in [1.165, 1.54) is 0 Å². The molecule has 0 radical (unpaired) electrons. The van der Waals surface area contributed by atoms with Crippen molar-refractivity contribution in [3.63, 3.8) is 0 Å². The summed E-state index contributed by atoms with van der Waals surface area (Å²) in [6.07, 6.45) is -12.1. The quantitative estimate of drug-likeness (QED) is 0.554. The van der Waals surface area contributed by atoms with Gasteiger partial charge in [0, 0.05) is 25.8 Å². The number of anilines is 2. The first-order valence-corrected chi connectivity index (χ1v) is 11.0. The van der Waals surface area contributed by atoms with Gasteiger partial charge in [-0.05, 0) is 36.4 Å². The van der Waals surface area contributed by atoms with E-state index in [2.05, 4.69) is 0 Å². The first-order chi connectivity index (χ1) is 17.7. The number of hydrogen-bond acceptors (Lipinski definition) is 5. The van der Waals surface area contributed by atoms with Gasteiger partial charge in [-0.1, -0.05) is 0 Å². The largest absolute Gasteiger partial charge is 0.420 e. The van der Waals surface area contributed by atoms with Gasteiger partial charge in [0.1, 0.15) is 16.9 Å². The van der Waals surface area contributed by atoms with E-state index in [1.807, 2.05) is 0 Å². The van der Waals surface area contributed by atoms with Crippen LogP contribution in [0.4, 0.5) is 51.7 Å². The van der Waals surface area contributed by atoms with Crippen molar-refractivity contribution in [1.82, 2.24) is 4.90 Å². The van der Waals surface area contributed by atoms with Gasteiger partial charge in [0.2, 0.25) is 0 Å². The Morgan fingerprint density at radius 3 is 2.21 bits per heavy atom. The second-order valence-corrected chi connectivity index (χ2v) is 8.73. The fourth-order valence-electron chi connectivity index (χ4n) is 4.09. The van der Waals surface area contributed by atoms with Crippen LogP contribution in [0.1, 0.15) is 11.1 Å². The molecule has 3 amide bonds. The highest BCUT2D eigenvalue weighted by atomic mass is 19.4. The molecule has 0 bridgehead atoms. The van der Waals surface area contributed by atoms with Gasteiger partial charge in [-0.15, -0.1) is 0 Å². The number of rotatable bonds is 5. The molecule has 2 aromatic rings. The Labute approximate surface area is 210 Å². The van der Waals surface area contributed by atoms with Gasteiger partial charge >= 0.3 is 24.5 Å². The molecule has 4 rings (SSSR count). The summed E-state index contributed by atoms with van der Waals surface area (Å²) in [5.41, 5.74) is -5.76.